The first kappa shape index (κ1) is 17.4. The molecular formula is C20H26N4O. The van der Waals surface area contributed by atoms with Crippen molar-refractivity contribution in [1.29, 1.82) is 0 Å². The predicted octanol–water partition coefficient (Wildman–Crippen LogP) is 2.19. The summed E-state index contributed by atoms with van der Waals surface area (Å²) in [5.74, 6) is 0.0332. The van der Waals surface area contributed by atoms with Crippen molar-refractivity contribution in [3.63, 3.8) is 0 Å². The monoisotopic (exact) mass is 338 g/mol. The maximum atomic E-state index is 11.6. The van der Waals surface area contributed by atoms with Gasteiger partial charge in [0.15, 0.2) is 0 Å². The average molecular weight is 338 g/mol. The minimum absolute atomic E-state index is 0.0332. The van der Waals surface area contributed by atoms with Crippen molar-refractivity contribution in [2.75, 3.05) is 26.2 Å². The van der Waals surface area contributed by atoms with Crippen molar-refractivity contribution in [1.82, 2.24) is 15.2 Å². The molecule has 25 heavy (non-hydrogen) atoms. The first-order chi connectivity index (χ1) is 12.1. The second-order valence-electron chi connectivity index (χ2n) is 6.66. The molecule has 0 atom stereocenters. The summed E-state index contributed by atoms with van der Waals surface area (Å²) in [6.07, 6.45) is 5.44. The van der Waals surface area contributed by atoms with Crippen molar-refractivity contribution in [3.05, 3.63) is 53.1 Å². The summed E-state index contributed by atoms with van der Waals surface area (Å²) in [5, 5.41) is 4.03. The molecule has 1 N–H and O–H groups in total. The molecule has 1 aromatic rings. The van der Waals surface area contributed by atoms with Gasteiger partial charge in [-0.3, -0.25) is 9.69 Å². The van der Waals surface area contributed by atoms with Gasteiger partial charge >= 0.3 is 0 Å². The van der Waals surface area contributed by atoms with Crippen molar-refractivity contribution >= 4 is 18.2 Å². The Hall–Kier alpha value is -2.40. The highest BCUT2D eigenvalue weighted by atomic mass is 16.2. The van der Waals surface area contributed by atoms with E-state index in [1.165, 1.54) is 28.3 Å². The van der Waals surface area contributed by atoms with Gasteiger partial charge in [0.05, 0.1) is 12.8 Å². The molecule has 0 unspecified atom stereocenters. The van der Waals surface area contributed by atoms with Crippen LogP contribution in [0.3, 0.4) is 0 Å². The Morgan fingerprint density at radius 2 is 2.28 bits per heavy atom. The van der Waals surface area contributed by atoms with Gasteiger partial charge in [0, 0.05) is 25.7 Å². The summed E-state index contributed by atoms with van der Waals surface area (Å²) < 4.78 is 0. The van der Waals surface area contributed by atoms with E-state index in [0.29, 0.717) is 6.04 Å². The summed E-state index contributed by atoms with van der Waals surface area (Å²) in [6, 6.07) is 7.06. The fourth-order valence-electron chi connectivity index (χ4n) is 3.31. The topological polar surface area (TPSA) is 47.9 Å². The lowest BCUT2D eigenvalue weighted by Gasteiger charge is -2.45. The zero-order chi connectivity index (χ0) is 17.8. The van der Waals surface area contributed by atoms with Gasteiger partial charge in [-0.2, -0.15) is 5.10 Å². The molecule has 5 nitrogen and oxygen atoms in total. The Balaban J connectivity index is 1.63. The molecule has 1 saturated heterocycles. The van der Waals surface area contributed by atoms with Crippen LogP contribution in [0.2, 0.25) is 0 Å². The molecule has 2 aliphatic heterocycles. The Morgan fingerprint density at radius 3 is 2.88 bits per heavy atom. The number of carbonyl (C=O) groups excluding carboxylic acids is 1. The van der Waals surface area contributed by atoms with Gasteiger partial charge in [0.25, 0.3) is 0 Å². The van der Waals surface area contributed by atoms with E-state index in [9.17, 15) is 4.79 Å². The number of nitrogens with zero attached hydrogens (tertiary/aromatic N) is 3. The summed E-state index contributed by atoms with van der Waals surface area (Å²) in [7, 11) is 0. The summed E-state index contributed by atoms with van der Waals surface area (Å²) >= 11 is 0. The van der Waals surface area contributed by atoms with E-state index in [1.807, 2.05) is 11.1 Å². The third kappa shape index (κ3) is 3.99. The Labute approximate surface area is 149 Å². The second kappa shape index (κ2) is 7.66. The van der Waals surface area contributed by atoms with Crippen LogP contribution >= 0.6 is 0 Å². The van der Waals surface area contributed by atoms with Crippen LogP contribution in [0.15, 0.2) is 41.5 Å². The molecule has 0 spiro atoms. The molecule has 2 aliphatic rings. The molecule has 132 valence electrons. The molecule has 1 aromatic carbocycles. The third-order valence-electron chi connectivity index (χ3n) is 4.97. The van der Waals surface area contributed by atoms with Crippen LogP contribution < -0.4 is 5.43 Å². The average Bonchev–Trinajstić information content (AvgIpc) is 3.07. The zero-order valence-electron chi connectivity index (χ0n) is 15.0. The number of benzene rings is 1. The fraction of sp³-hybridized carbons (Fsp3) is 0.400. The lowest BCUT2D eigenvalue weighted by atomic mass is 10.0. The number of hydrogen-bond donors (Lipinski definition) is 1. The van der Waals surface area contributed by atoms with Gasteiger partial charge in [-0.25, -0.2) is 0 Å². The third-order valence-corrected chi connectivity index (χ3v) is 4.97. The number of likely N-dealkylation sites (tertiary alicyclic amines) is 1. The van der Waals surface area contributed by atoms with Gasteiger partial charge in [-0.05, 0) is 47.9 Å². The van der Waals surface area contributed by atoms with Crippen LogP contribution in [0.4, 0.5) is 0 Å². The SMILES string of the molecule is C=CC(=O)N1CC(N(CC)Cc2ccc(/C=C3\C=NNC3)cc2C)C1. The molecule has 1 amide bonds. The highest BCUT2D eigenvalue weighted by Crippen LogP contribution is 2.21. The van der Waals surface area contributed by atoms with Crippen molar-refractivity contribution in [2.45, 2.75) is 26.4 Å². The maximum absolute atomic E-state index is 11.6. The zero-order valence-corrected chi connectivity index (χ0v) is 15.0. The maximum Gasteiger partial charge on any atom is 0.246 e. The van der Waals surface area contributed by atoms with E-state index < -0.39 is 0 Å². The first-order valence-electron chi connectivity index (χ1n) is 8.82. The lowest BCUT2D eigenvalue weighted by molar-refractivity contribution is -0.133. The van der Waals surface area contributed by atoms with Gasteiger partial charge in [-0.1, -0.05) is 31.7 Å². The van der Waals surface area contributed by atoms with Crippen LogP contribution in [0.1, 0.15) is 23.6 Å². The number of likely N-dealkylation sites (N-methyl/N-ethyl adjacent to an activating group) is 1. The number of hydrogen-bond acceptors (Lipinski definition) is 4. The summed E-state index contributed by atoms with van der Waals surface area (Å²) in [6.45, 7) is 12.2. The number of rotatable bonds is 6. The van der Waals surface area contributed by atoms with Gasteiger partial charge in [-0.15, -0.1) is 0 Å². The molecular weight excluding hydrogens is 312 g/mol. The molecule has 3 rings (SSSR count). The Kier molecular flexibility index (Phi) is 5.34. The van der Waals surface area contributed by atoms with Gasteiger partial charge in [0.2, 0.25) is 5.91 Å². The van der Waals surface area contributed by atoms with E-state index in [-0.39, 0.29) is 5.91 Å². The minimum atomic E-state index is 0.0332. The second-order valence-corrected chi connectivity index (χ2v) is 6.66. The summed E-state index contributed by atoms with van der Waals surface area (Å²) in [4.78, 5) is 15.9. The summed E-state index contributed by atoms with van der Waals surface area (Å²) in [5.41, 5.74) is 8.00. The number of hydrazone groups is 1. The van der Waals surface area contributed by atoms with E-state index in [2.05, 4.69) is 60.1 Å². The molecule has 1 fully saturated rings. The van der Waals surface area contributed by atoms with Crippen LogP contribution in [-0.2, 0) is 11.3 Å². The quantitative estimate of drug-likeness (QED) is 0.809. The van der Waals surface area contributed by atoms with Crippen LogP contribution in [-0.4, -0.2) is 54.1 Å². The molecule has 0 aromatic heterocycles. The minimum Gasteiger partial charge on any atom is -0.336 e. The van der Waals surface area contributed by atoms with Crippen molar-refractivity contribution in [2.24, 2.45) is 5.10 Å². The number of carbonyl (C=O) groups is 1. The Morgan fingerprint density at radius 1 is 1.48 bits per heavy atom. The molecule has 0 radical (unpaired) electrons. The van der Waals surface area contributed by atoms with Crippen LogP contribution in [0, 0.1) is 6.92 Å². The van der Waals surface area contributed by atoms with Crippen molar-refractivity contribution in [3.8, 4) is 0 Å². The van der Waals surface area contributed by atoms with Crippen LogP contribution in [0.5, 0.6) is 0 Å². The first-order valence-corrected chi connectivity index (χ1v) is 8.82. The van der Waals surface area contributed by atoms with E-state index in [4.69, 9.17) is 0 Å². The van der Waals surface area contributed by atoms with E-state index in [1.54, 1.807) is 0 Å². The number of nitrogens with one attached hydrogen (secondary N) is 1. The number of amides is 1. The normalized spacial score (nSPS) is 18.5. The van der Waals surface area contributed by atoms with Crippen molar-refractivity contribution < 1.29 is 4.79 Å². The van der Waals surface area contributed by atoms with Crippen LogP contribution in [0.25, 0.3) is 6.08 Å². The van der Waals surface area contributed by atoms with Gasteiger partial charge in [0.1, 0.15) is 0 Å². The number of aryl methyl sites for hydroxylation is 1. The smallest absolute Gasteiger partial charge is 0.246 e. The Bertz CT molecular complexity index is 716. The van der Waals surface area contributed by atoms with E-state index in [0.717, 1.165) is 32.7 Å². The highest BCUT2D eigenvalue weighted by Gasteiger charge is 2.33. The molecule has 2 heterocycles. The standard InChI is InChI=1S/C20H26N4O/c1-4-20(25)24-13-19(14-24)23(5-2)12-18-7-6-16(8-15(18)3)9-17-10-21-22-11-17/h4,6-10,19,22H,1,5,11-14H2,2-3H3/b17-9+. The molecule has 0 bridgehead atoms. The molecule has 0 saturated carbocycles. The fourth-order valence-corrected chi connectivity index (χ4v) is 3.31. The van der Waals surface area contributed by atoms with Gasteiger partial charge < -0.3 is 10.3 Å². The van der Waals surface area contributed by atoms with E-state index >= 15 is 0 Å². The molecule has 5 heteroatoms. The predicted molar refractivity (Wildman–Crippen MR) is 102 cm³/mol. The molecule has 0 aliphatic carbocycles. The highest BCUT2D eigenvalue weighted by molar-refractivity contribution is 5.88. The lowest BCUT2D eigenvalue weighted by Crippen LogP contribution is -2.60. The largest absolute Gasteiger partial charge is 0.336 e.